The number of aromatic nitrogens is 1. The standard InChI is InChI=1S/C23H28N2O4/c1-3-28-22(27)23(9-11-25(12-10-23)21(26)19-13-16(19)2)15-18-14-20(24-29-18)17-7-5-4-6-8-17/h4-8,14,16,19H,3,9-13,15H2,1-2H3/t16-,19-/m0/s1. The van der Waals surface area contributed by atoms with Crippen LogP contribution >= 0.6 is 0 Å². The van der Waals surface area contributed by atoms with Crippen molar-refractivity contribution >= 4 is 11.9 Å². The molecule has 6 heteroatoms. The number of carbonyl (C=O) groups is 2. The fourth-order valence-electron chi connectivity index (χ4n) is 4.27. The van der Waals surface area contributed by atoms with Crippen LogP contribution < -0.4 is 0 Å². The average molecular weight is 396 g/mol. The van der Waals surface area contributed by atoms with Crippen LogP contribution in [0.25, 0.3) is 11.3 Å². The van der Waals surface area contributed by atoms with Crippen LogP contribution in [0.4, 0.5) is 0 Å². The van der Waals surface area contributed by atoms with Gasteiger partial charge in [-0.05, 0) is 32.1 Å². The zero-order chi connectivity index (χ0) is 20.4. The number of ether oxygens (including phenoxy) is 1. The van der Waals surface area contributed by atoms with Crippen LogP contribution in [0, 0.1) is 17.3 Å². The van der Waals surface area contributed by atoms with Gasteiger partial charge in [0.15, 0.2) is 0 Å². The number of amides is 1. The summed E-state index contributed by atoms with van der Waals surface area (Å²) >= 11 is 0. The molecule has 1 saturated heterocycles. The molecule has 1 aliphatic carbocycles. The minimum Gasteiger partial charge on any atom is -0.466 e. The van der Waals surface area contributed by atoms with Crippen LogP contribution in [0.3, 0.4) is 0 Å². The van der Waals surface area contributed by atoms with Crippen LogP contribution in [0.1, 0.15) is 38.9 Å². The molecule has 1 amide bonds. The second kappa shape index (κ2) is 8.01. The second-order valence-corrected chi connectivity index (χ2v) is 8.37. The molecule has 2 atom stereocenters. The second-order valence-electron chi connectivity index (χ2n) is 8.37. The van der Waals surface area contributed by atoms with E-state index < -0.39 is 5.41 Å². The summed E-state index contributed by atoms with van der Waals surface area (Å²) in [6, 6.07) is 11.7. The third-order valence-corrected chi connectivity index (χ3v) is 6.31. The van der Waals surface area contributed by atoms with Gasteiger partial charge in [0.2, 0.25) is 5.91 Å². The van der Waals surface area contributed by atoms with Crippen molar-refractivity contribution in [2.75, 3.05) is 19.7 Å². The van der Waals surface area contributed by atoms with Crippen molar-refractivity contribution < 1.29 is 18.8 Å². The van der Waals surface area contributed by atoms with Crippen molar-refractivity contribution in [2.24, 2.45) is 17.3 Å². The Morgan fingerprint density at radius 1 is 1.24 bits per heavy atom. The fraction of sp³-hybridized carbons (Fsp3) is 0.522. The molecule has 154 valence electrons. The Labute approximate surface area is 171 Å². The van der Waals surface area contributed by atoms with Crippen LogP contribution in [-0.2, 0) is 20.7 Å². The molecular formula is C23H28N2O4. The number of hydrogen-bond acceptors (Lipinski definition) is 5. The van der Waals surface area contributed by atoms with Gasteiger partial charge in [0.25, 0.3) is 0 Å². The molecule has 6 nitrogen and oxygen atoms in total. The van der Waals surface area contributed by atoms with Crippen molar-refractivity contribution in [2.45, 2.75) is 39.5 Å². The summed E-state index contributed by atoms with van der Waals surface area (Å²) in [5.74, 6) is 1.37. The number of likely N-dealkylation sites (tertiary alicyclic amines) is 1. The van der Waals surface area contributed by atoms with Crippen LogP contribution in [-0.4, -0.2) is 41.6 Å². The maximum Gasteiger partial charge on any atom is 0.312 e. The van der Waals surface area contributed by atoms with Crippen molar-refractivity contribution in [1.82, 2.24) is 10.1 Å². The summed E-state index contributed by atoms with van der Waals surface area (Å²) in [5, 5.41) is 4.18. The van der Waals surface area contributed by atoms with Crippen molar-refractivity contribution in [3.05, 3.63) is 42.2 Å². The number of hydrogen-bond donors (Lipinski definition) is 0. The molecule has 2 heterocycles. The molecule has 1 aromatic heterocycles. The molecule has 29 heavy (non-hydrogen) atoms. The molecule has 0 radical (unpaired) electrons. The van der Waals surface area contributed by atoms with E-state index in [1.54, 1.807) is 0 Å². The molecule has 0 bridgehead atoms. The van der Waals surface area contributed by atoms with E-state index in [9.17, 15) is 9.59 Å². The van der Waals surface area contributed by atoms with Gasteiger partial charge in [-0.1, -0.05) is 42.4 Å². The van der Waals surface area contributed by atoms with E-state index in [1.807, 2.05) is 48.2 Å². The first-order valence-electron chi connectivity index (χ1n) is 10.5. The van der Waals surface area contributed by atoms with Crippen LogP contribution in [0.15, 0.2) is 40.9 Å². The molecule has 0 spiro atoms. The first kappa shape index (κ1) is 19.7. The lowest BCUT2D eigenvalue weighted by atomic mass is 9.74. The Morgan fingerprint density at radius 3 is 2.55 bits per heavy atom. The van der Waals surface area contributed by atoms with Gasteiger partial charge >= 0.3 is 5.97 Å². The minimum absolute atomic E-state index is 0.174. The predicted molar refractivity (Wildman–Crippen MR) is 108 cm³/mol. The monoisotopic (exact) mass is 396 g/mol. The molecule has 2 aromatic rings. The lowest BCUT2D eigenvalue weighted by Crippen LogP contribution is -2.48. The quantitative estimate of drug-likeness (QED) is 0.696. The van der Waals surface area contributed by atoms with Gasteiger partial charge in [0.1, 0.15) is 11.5 Å². The van der Waals surface area contributed by atoms with Crippen molar-refractivity contribution in [3.63, 3.8) is 0 Å². The van der Waals surface area contributed by atoms with Gasteiger partial charge < -0.3 is 14.2 Å². The van der Waals surface area contributed by atoms with Gasteiger partial charge in [-0.15, -0.1) is 0 Å². The average Bonchev–Trinajstić information content (AvgIpc) is 3.29. The SMILES string of the molecule is CCOC(=O)C1(Cc2cc(-c3ccccc3)no2)CCN(C(=O)[C@H]2C[C@@H]2C)CC1. The zero-order valence-corrected chi connectivity index (χ0v) is 17.1. The Bertz CT molecular complexity index is 868. The molecule has 1 saturated carbocycles. The number of rotatable bonds is 6. The van der Waals surface area contributed by atoms with Crippen molar-refractivity contribution in [3.8, 4) is 11.3 Å². The predicted octanol–water partition coefficient (Wildman–Crippen LogP) is 3.71. The highest BCUT2D eigenvalue weighted by molar-refractivity contribution is 5.82. The third-order valence-electron chi connectivity index (χ3n) is 6.31. The Kier molecular flexibility index (Phi) is 5.43. The van der Waals surface area contributed by atoms with Crippen LogP contribution in [0.2, 0.25) is 0 Å². The lowest BCUT2D eigenvalue weighted by molar-refractivity contribution is -0.160. The van der Waals surface area contributed by atoms with E-state index in [-0.39, 0.29) is 17.8 Å². The maximum atomic E-state index is 12.9. The molecule has 4 rings (SSSR count). The summed E-state index contributed by atoms with van der Waals surface area (Å²) < 4.78 is 11.0. The van der Waals surface area contributed by atoms with Crippen molar-refractivity contribution in [1.29, 1.82) is 0 Å². The largest absolute Gasteiger partial charge is 0.466 e. The summed E-state index contributed by atoms with van der Waals surface area (Å²) in [6.07, 6.45) is 2.59. The zero-order valence-electron chi connectivity index (χ0n) is 17.1. The highest BCUT2D eigenvalue weighted by Gasteiger charge is 2.47. The molecule has 1 aliphatic heterocycles. The Morgan fingerprint density at radius 2 is 1.93 bits per heavy atom. The highest BCUT2D eigenvalue weighted by Crippen LogP contribution is 2.42. The normalized spacial score (nSPS) is 22.9. The molecule has 1 aromatic carbocycles. The van der Waals surface area contributed by atoms with Gasteiger partial charge in [-0.3, -0.25) is 9.59 Å². The van der Waals surface area contributed by atoms with Gasteiger partial charge in [0.05, 0.1) is 12.0 Å². The molecule has 0 N–H and O–H groups in total. The number of carbonyl (C=O) groups excluding carboxylic acids is 2. The van der Waals surface area contributed by atoms with Gasteiger partial charge in [-0.2, -0.15) is 0 Å². The van der Waals surface area contributed by atoms with Gasteiger partial charge in [0, 0.05) is 37.1 Å². The Balaban J connectivity index is 1.49. The van der Waals surface area contributed by atoms with E-state index in [1.165, 1.54) is 0 Å². The Hall–Kier alpha value is -2.63. The smallest absolute Gasteiger partial charge is 0.312 e. The topological polar surface area (TPSA) is 72.6 Å². The van der Waals surface area contributed by atoms with E-state index in [0.29, 0.717) is 50.6 Å². The summed E-state index contributed by atoms with van der Waals surface area (Å²) in [4.78, 5) is 27.4. The third kappa shape index (κ3) is 4.07. The first-order chi connectivity index (χ1) is 14.0. The summed E-state index contributed by atoms with van der Waals surface area (Å²) in [7, 11) is 0. The van der Waals surface area contributed by atoms with E-state index in [4.69, 9.17) is 9.26 Å². The van der Waals surface area contributed by atoms with Crippen LogP contribution in [0.5, 0.6) is 0 Å². The number of benzene rings is 1. The summed E-state index contributed by atoms with van der Waals surface area (Å²) in [5.41, 5.74) is 1.07. The highest BCUT2D eigenvalue weighted by atomic mass is 16.5. The first-order valence-corrected chi connectivity index (χ1v) is 10.5. The summed E-state index contributed by atoms with van der Waals surface area (Å²) in [6.45, 7) is 5.44. The van der Waals surface area contributed by atoms with E-state index >= 15 is 0 Å². The molecule has 2 fully saturated rings. The lowest BCUT2D eigenvalue weighted by Gasteiger charge is -2.39. The van der Waals surface area contributed by atoms with E-state index in [2.05, 4.69) is 12.1 Å². The maximum absolute atomic E-state index is 12.9. The molecule has 0 unspecified atom stereocenters. The molecule has 2 aliphatic rings. The number of nitrogens with zero attached hydrogens (tertiary/aromatic N) is 2. The van der Waals surface area contributed by atoms with Gasteiger partial charge in [-0.25, -0.2) is 0 Å². The minimum atomic E-state index is -0.671. The molecular weight excluding hydrogens is 368 g/mol. The van der Waals surface area contributed by atoms with E-state index in [0.717, 1.165) is 17.7 Å². The number of esters is 1. The fourth-order valence-corrected chi connectivity index (χ4v) is 4.27. The number of piperidine rings is 1.